The summed E-state index contributed by atoms with van der Waals surface area (Å²) in [5.41, 5.74) is 6.60. The van der Waals surface area contributed by atoms with Gasteiger partial charge in [0, 0.05) is 5.69 Å². The van der Waals surface area contributed by atoms with E-state index in [4.69, 9.17) is 10.5 Å². The first kappa shape index (κ1) is 18.0. The molecule has 0 saturated heterocycles. The zero-order valence-corrected chi connectivity index (χ0v) is 13.6. The van der Waals surface area contributed by atoms with Crippen LogP contribution in [0.1, 0.15) is 32.3 Å². The number of amides is 1. The molecule has 1 unspecified atom stereocenters. The van der Waals surface area contributed by atoms with Crippen LogP contribution in [0.5, 0.6) is 5.75 Å². The lowest BCUT2D eigenvalue weighted by Gasteiger charge is -2.23. The Morgan fingerprint density at radius 1 is 1.36 bits per heavy atom. The first-order chi connectivity index (χ1) is 10.3. The average molecular weight is 308 g/mol. The third kappa shape index (κ3) is 5.04. The van der Waals surface area contributed by atoms with Crippen molar-refractivity contribution < 1.29 is 19.1 Å². The fourth-order valence-electron chi connectivity index (χ4n) is 1.97. The van der Waals surface area contributed by atoms with E-state index in [-0.39, 0.29) is 12.5 Å². The van der Waals surface area contributed by atoms with Crippen LogP contribution >= 0.6 is 0 Å². The Morgan fingerprint density at radius 3 is 2.59 bits per heavy atom. The van der Waals surface area contributed by atoms with Gasteiger partial charge >= 0.3 is 5.97 Å². The van der Waals surface area contributed by atoms with Gasteiger partial charge in [-0.15, -0.1) is 0 Å². The van der Waals surface area contributed by atoms with E-state index in [0.29, 0.717) is 17.9 Å². The van der Waals surface area contributed by atoms with Crippen molar-refractivity contribution in [2.24, 2.45) is 5.73 Å². The number of carbonyl (C=O) groups excluding carboxylic acids is 2. The Kier molecular flexibility index (Phi) is 6.37. The van der Waals surface area contributed by atoms with Crippen molar-refractivity contribution in [1.82, 2.24) is 0 Å². The van der Waals surface area contributed by atoms with Crippen LogP contribution in [-0.4, -0.2) is 31.1 Å². The van der Waals surface area contributed by atoms with Gasteiger partial charge in [0.05, 0.1) is 12.6 Å². The Bertz CT molecular complexity index is 541. The molecule has 0 fully saturated rings. The molecule has 0 spiro atoms. The molecule has 1 aromatic carbocycles. The van der Waals surface area contributed by atoms with Crippen molar-refractivity contribution in [3.8, 4) is 5.75 Å². The van der Waals surface area contributed by atoms with Crippen molar-refractivity contribution >= 4 is 17.6 Å². The first-order valence-electron chi connectivity index (χ1n) is 7.20. The number of rotatable bonds is 7. The first-order valence-corrected chi connectivity index (χ1v) is 7.20. The third-order valence-electron chi connectivity index (χ3n) is 3.32. The van der Waals surface area contributed by atoms with Gasteiger partial charge in [0.2, 0.25) is 5.91 Å². The number of anilines is 1. The zero-order chi connectivity index (χ0) is 16.8. The summed E-state index contributed by atoms with van der Waals surface area (Å²) in [5.74, 6) is -0.140. The number of carbonyl (C=O) groups is 2. The fourth-order valence-corrected chi connectivity index (χ4v) is 1.97. The Morgan fingerprint density at radius 2 is 2.05 bits per heavy atom. The van der Waals surface area contributed by atoms with Gasteiger partial charge in [-0.3, -0.25) is 4.79 Å². The lowest BCUT2D eigenvalue weighted by molar-refractivity contribution is -0.142. The Labute approximate surface area is 131 Å². The van der Waals surface area contributed by atoms with Crippen molar-refractivity contribution in [3.05, 3.63) is 23.8 Å². The summed E-state index contributed by atoms with van der Waals surface area (Å²) in [6.07, 6.45) is 1.44. The quantitative estimate of drug-likeness (QED) is 0.752. The van der Waals surface area contributed by atoms with Gasteiger partial charge in [-0.2, -0.15) is 0 Å². The maximum atomic E-state index is 12.2. The van der Waals surface area contributed by atoms with Gasteiger partial charge in [0.25, 0.3) is 0 Å². The molecule has 1 atom stereocenters. The van der Waals surface area contributed by atoms with Gasteiger partial charge in [0.1, 0.15) is 5.75 Å². The smallest absolute Gasteiger partial charge is 0.343 e. The van der Waals surface area contributed by atoms with Crippen LogP contribution < -0.4 is 15.8 Å². The summed E-state index contributed by atoms with van der Waals surface area (Å²) in [7, 11) is 1.30. The summed E-state index contributed by atoms with van der Waals surface area (Å²) in [4.78, 5) is 23.2. The van der Waals surface area contributed by atoms with E-state index in [1.54, 1.807) is 25.1 Å². The molecule has 0 radical (unpaired) electrons. The van der Waals surface area contributed by atoms with Crippen molar-refractivity contribution in [1.29, 1.82) is 0 Å². The predicted molar refractivity (Wildman–Crippen MR) is 84.8 cm³/mol. The molecule has 6 nitrogen and oxygen atoms in total. The normalized spacial score (nSPS) is 13.1. The van der Waals surface area contributed by atoms with E-state index in [2.05, 4.69) is 10.1 Å². The van der Waals surface area contributed by atoms with Crippen LogP contribution in [0, 0.1) is 6.92 Å². The van der Waals surface area contributed by atoms with Crippen LogP contribution in [0.2, 0.25) is 0 Å². The molecule has 0 aromatic heterocycles. The molecule has 3 N–H and O–H groups in total. The summed E-state index contributed by atoms with van der Waals surface area (Å²) >= 11 is 0. The average Bonchev–Trinajstić information content (AvgIpc) is 2.47. The number of esters is 1. The fraction of sp³-hybridized carbons (Fsp3) is 0.500. The molecule has 0 saturated carbocycles. The molecule has 1 aromatic rings. The van der Waals surface area contributed by atoms with Crippen molar-refractivity contribution in [2.45, 2.75) is 39.2 Å². The maximum absolute atomic E-state index is 12.2. The van der Waals surface area contributed by atoms with Gasteiger partial charge < -0.3 is 20.5 Å². The highest BCUT2D eigenvalue weighted by molar-refractivity contribution is 5.98. The number of ether oxygens (including phenoxy) is 2. The summed E-state index contributed by atoms with van der Waals surface area (Å²) in [5, 5.41) is 2.83. The van der Waals surface area contributed by atoms with E-state index in [0.717, 1.165) is 12.0 Å². The second-order valence-corrected chi connectivity index (χ2v) is 5.46. The third-order valence-corrected chi connectivity index (χ3v) is 3.32. The van der Waals surface area contributed by atoms with Gasteiger partial charge in [-0.1, -0.05) is 13.3 Å². The number of aryl methyl sites for hydroxylation is 1. The van der Waals surface area contributed by atoms with Gasteiger partial charge in [0.15, 0.2) is 6.61 Å². The number of nitrogens with one attached hydrogen (secondary N) is 1. The van der Waals surface area contributed by atoms with E-state index >= 15 is 0 Å². The SMILES string of the molecule is CCCC(C)(N)C(=O)Nc1ccc(OCC(=O)OC)cc1C. The topological polar surface area (TPSA) is 90.7 Å². The van der Waals surface area contributed by atoms with Crippen molar-refractivity contribution in [2.75, 3.05) is 19.0 Å². The molecule has 0 aliphatic heterocycles. The highest BCUT2D eigenvalue weighted by Crippen LogP contribution is 2.22. The highest BCUT2D eigenvalue weighted by Gasteiger charge is 2.27. The minimum absolute atomic E-state index is 0.154. The van der Waals surface area contributed by atoms with Crippen LogP contribution in [0.15, 0.2) is 18.2 Å². The second-order valence-electron chi connectivity index (χ2n) is 5.46. The minimum Gasteiger partial charge on any atom is -0.482 e. The standard InChI is InChI=1S/C16H24N2O4/c1-5-8-16(3,17)15(20)18-13-7-6-12(9-11(13)2)22-10-14(19)21-4/h6-7,9H,5,8,10,17H2,1-4H3,(H,18,20). The molecule has 6 heteroatoms. The monoisotopic (exact) mass is 308 g/mol. The van der Waals surface area contributed by atoms with Gasteiger partial charge in [-0.25, -0.2) is 4.79 Å². The number of nitrogens with two attached hydrogens (primary N) is 1. The van der Waals surface area contributed by atoms with Crippen LogP contribution in [0.25, 0.3) is 0 Å². The largest absolute Gasteiger partial charge is 0.482 e. The Balaban J connectivity index is 2.74. The minimum atomic E-state index is -0.902. The number of methoxy groups -OCH3 is 1. The molecular weight excluding hydrogens is 284 g/mol. The molecule has 1 rings (SSSR count). The highest BCUT2D eigenvalue weighted by atomic mass is 16.6. The molecule has 0 heterocycles. The molecular formula is C16H24N2O4. The van der Waals surface area contributed by atoms with Crippen molar-refractivity contribution in [3.63, 3.8) is 0 Å². The molecule has 0 aliphatic carbocycles. The van der Waals surface area contributed by atoms with Crippen LogP contribution in [0.4, 0.5) is 5.69 Å². The predicted octanol–water partition coefficient (Wildman–Crippen LogP) is 2.00. The van der Waals surface area contributed by atoms with E-state index in [1.807, 2.05) is 13.8 Å². The summed E-state index contributed by atoms with van der Waals surface area (Å²) in [6.45, 7) is 5.39. The lowest BCUT2D eigenvalue weighted by atomic mass is 9.96. The molecule has 0 bridgehead atoms. The second kappa shape index (κ2) is 7.79. The van der Waals surface area contributed by atoms with E-state index in [9.17, 15) is 9.59 Å². The molecule has 1 amide bonds. The van der Waals surface area contributed by atoms with E-state index < -0.39 is 11.5 Å². The Hall–Kier alpha value is -2.08. The number of hydrogen-bond acceptors (Lipinski definition) is 5. The lowest BCUT2D eigenvalue weighted by Crippen LogP contribution is -2.48. The molecule has 122 valence electrons. The van der Waals surface area contributed by atoms with E-state index in [1.165, 1.54) is 7.11 Å². The number of benzene rings is 1. The van der Waals surface area contributed by atoms with Crippen LogP contribution in [0.3, 0.4) is 0 Å². The molecule has 0 aliphatic rings. The van der Waals surface area contributed by atoms with Gasteiger partial charge in [-0.05, 0) is 44.0 Å². The molecule has 22 heavy (non-hydrogen) atoms. The summed E-state index contributed by atoms with van der Waals surface area (Å²) < 4.78 is 9.80. The van der Waals surface area contributed by atoms with Crippen LogP contribution in [-0.2, 0) is 14.3 Å². The number of hydrogen-bond donors (Lipinski definition) is 2. The maximum Gasteiger partial charge on any atom is 0.343 e. The zero-order valence-electron chi connectivity index (χ0n) is 13.6. The summed E-state index contributed by atoms with van der Waals surface area (Å²) in [6, 6.07) is 5.15.